The Labute approximate surface area is 205 Å². The SMILES string of the molecule is CC(C)c1ccc2cccc3c4c(C(C)C)cc(C(C)(C)C)c5c(C(C)(C)C)ccc(c1c23)c54. The topological polar surface area (TPSA) is 0 Å². The van der Waals surface area contributed by atoms with Crippen LogP contribution in [0.4, 0.5) is 0 Å². The highest BCUT2D eigenvalue weighted by atomic mass is 14.3. The van der Waals surface area contributed by atoms with Crippen LogP contribution < -0.4 is 0 Å². The fourth-order valence-electron chi connectivity index (χ4n) is 6.13. The Hall–Kier alpha value is -2.60. The zero-order valence-corrected chi connectivity index (χ0v) is 22.8. The van der Waals surface area contributed by atoms with Gasteiger partial charge in [-0.3, -0.25) is 0 Å². The summed E-state index contributed by atoms with van der Waals surface area (Å²) in [6.45, 7) is 23.6. The van der Waals surface area contributed by atoms with E-state index < -0.39 is 0 Å². The first kappa shape index (κ1) is 23.2. The van der Waals surface area contributed by atoms with Gasteiger partial charge in [0.1, 0.15) is 0 Å². The van der Waals surface area contributed by atoms with Crippen LogP contribution in [0.3, 0.4) is 0 Å². The Morgan fingerprint density at radius 3 is 1.68 bits per heavy atom. The second-order valence-electron chi connectivity index (χ2n) is 13.0. The summed E-state index contributed by atoms with van der Waals surface area (Å²) in [5.74, 6) is 0.929. The van der Waals surface area contributed by atoms with Crippen molar-refractivity contribution in [2.24, 2.45) is 0 Å². The minimum Gasteiger partial charge on any atom is -0.0610 e. The van der Waals surface area contributed by atoms with Crippen LogP contribution in [0.5, 0.6) is 0 Å². The summed E-state index contributed by atoms with van der Waals surface area (Å²) in [5, 5.41) is 11.5. The Kier molecular flexibility index (Phi) is 5.07. The quantitative estimate of drug-likeness (QED) is 0.186. The molecule has 0 spiro atoms. The van der Waals surface area contributed by atoms with Gasteiger partial charge in [-0.1, -0.05) is 118 Å². The molecule has 5 aromatic rings. The Bertz CT molecular complexity index is 1550. The maximum atomic E-state index is 2.55. The van der Waals surface area contributed by atoms with Gasteiger partial charge in [0.25, 0.3) is 0 Å². The molecule has 5 rings (SSSR count). The second kappa shape index (κ2) is 7.45. The molecule has 0 aliphatic rings. The molecule has 0 saturated heterocycles. The van der Waals surface area contributed by atoms with Gasteiger partial charge in [0, 0.05) is 0 Å². The molecule has 0 fully saturated rings. The van der Waals surface area contributed by atoms with E-state index in [0.29, 0.717) is 11.8 Å². The van der Waals surface area contributed by atoms with Crippen LogP contribution in [0.15, 0.2) is 48.5 Å². The summed E-state index contributed by atoms with van der Waals surface area (Å²) in [6, 6.07) is 19.1. The third kappa shape index (κ3) is 3.25. The fraction of sp³-hybridized carbons (Fsp3) is 0.412. The maximum Gasteiger partial charge on any atom is -0.00174 e. The molecular weight excluding hydrogens is 408 g/mol. The van der Waals surface area contributed by atoms with Gasteiger partial charge in [-0.2, -0.15) is 0 Å². The molecule has 34 heavy (non-hydrogen) atoms. The normalized spacial score (nSPS) is 13.5. The summed E-state index contributed by atoms with van der Waals surface area (Å²) in [5.41, 5.74) is 6.02. The van der Waals surface area contributed by atoms with Crippen molar-refractivity contribution in [2.45, 2.75) is 91.9 Å². The highest BCUT2D eigenvalue weighted by Crippen LogP contribution is 2.50. The molecule has 0 aliphatic heterocycles. The lowest BCUT2D eigenvalue weighted by atomic mass is 9.72. The van der Waals surface area contributed by atoms with E-state index in [-0.39, 0.29) is 10.8 Å². The summed E-state index contributed by atoms with van der Waals surface area (Å²) < 4.78 is 0. The standard InChI is InChI=1S/C34H40/c1-19(2)22-15-14-21-12-11-13-23-28(21)29(22)24-16-17-26(33(5,6)7)32-27(34(8,9)10)18-25(20(3)4)30(23)31(24)32/h11-20H,1-10H3. The predicted molar refractivity (Wildman–Crippen MR) is 153 cm³/mol. The van der Waals surface area contributed by atoms with Crippen LogP contribution in [0.25, 0.3) is 43.1 Å². The molecule has 0 nitrogen and oxygen atoms in total. The molecule has 0 aliphatic carbocycles. The fourth-order valence-corrected chi connectivity index (χ4v) is 6.13. The Morgan fingerprint density at radius 1 is 0.500 bits per heavy atom. The molecule has 0 unspecified atom stereocenters. The predicted octanol–water partition coefficient (Wildman–Crippen LogP) is 10.6. The molecule has 5 aromatic carbocycles. The van der Waals surface area contributed by atoms with Gasteiger partial charge in [-0.25, -0.2) is 0 Å². The minimum atomic E-state index is 0.0602. The lowest BCUT2D eigenvalue weighted by Gasteiger charge is -2.32. The number of rotatable bonds is 2. The van der Waals surface area contributed by atoms with Crippen molar-refractivity contribution in [3.8, 4) is 0 Å². The van der Waals surface area contributed by atoms with E-state index in [2.05, 4.69) is 118 Å². The summed E-state index contributed by atoms with van der Waals surface area (Å²) >= 11 is 0. The largest absolute Gasteiger partial charge is 0.0610 e. The first-order valence-corrected chi connectivity index (χ1v) is 13.0. The Balaban J connectivity index is 2.25. The summed E-state index contributed by atoms with van der Waals surface area (Å²) in [4.78, 5) is 0. The van der Waals surface area contributed by atoms with Crippen molar-refractivity contribution in [3.63, 3.8) is 0 Å². The molecule has 0 heteroatoms. The molecule has 0 heterocycles. The molecule has 176 valence electrons. The van der Waals surface area contributed by atoms with Gasteiger partial charge in [0.2, 0.25) is 0 Å². The highest BCUT2D eigenvalue weighted by molar-refractivity contribution is 6.35. The van der Waals surface area contributed by atoms with E-state index in [0.717, 1.165) is 0 Å². The van der Waals surface area contributed by atoms with Crippen molar-refractivity contribution < 1.29 is 0 Å². The summed E-state index contributed by atoms with van der Waals surface area (Å²) in [6.07, 6.45) is 0. The monoisotopic (exact) mass is 448 g/mol. The van der Waals surface area contributed by atoms with Crippen LogP contribution in [-0.2, 0) is 10.8 Å². The number of benzene rings is 5. The maximum absolute atomic E-state index is 2.55. The van der Waals surface area contributed by atoms with E-state index in [4.69, 9.17) is 0 Å². The molecular formula is C34H40. The summed E-state index contributed by atoms with van der Waals surface area (Å²) in [7, 11) is 0. The number of hydrogen-bond acceptors (Lipinski definition) is 0. The first-order chi connectivity index (χ1) is 15.8. The number of hydrogen-bond donors (Lipinski definition) is 0. The molecule has 0 N–H and O–H groups in total. The Morgan fingerprint density at radius 2 is 1.09 bits per heavy atom. The first-order valence-electron chi connectivity index (χ1n) is 13.0. The average molecular weight is 449 g/mol. The zero-order chi connectivity index (χ0) is 24.7. The van der Waals surface area contributed by atoms with Gasteiger partial charge in [0.05, 0.1) is 0 Å². The van der Waals surface area contributed by atoms with Crippen LogP contribution in [0.1, 0.15) is 103 Å². The van der Waals surface area contributed by atoms with E-state index in [1.807, 2.05) is 0 Å². The molecule has 0 saturated carbocycles. The van der Waals surface area contributed by atoms with E-state index in [1.54, 1.807) is 0 Å². The molecule has 0 bridgehead atoms. The average Bonchev–Trinajstić information content (AvgIpc) is 2.74. The van der Waals surface area contributed by atoms with E-state index in [9.17, 15) is 0 Å². The highest BCUT2D eigenvalue weighted by Gasteiger charge is 2.29. The van der Waals surface area contributed by atoms with Crippen LogP contribution in [0.2, 0.25) is 0 Å². The number of fused-ring (bicyclic) bond motifs is 2. The van der Waals surface area contributed by atoms with Crippen molar-refractivity contribution in [2.75, 3.05) is 0 Å². The molecule has 0 aromatic heterocycles. The van der Waals surface area contributed by atoms with Gasteiger partial charge in [-0.15, -0.1) is 0 Å². The van der Waals surface area contributed by atoms with Gasteiger partial charge >= 0.3 is 0 Å². The van der Waals surface area contributed by atoms with Crippen LogP contribution >= 0.6 is 0 Å². The van der Waals surface area contributed by atoms with E-state index >= 15 is 0 Å². The van der Waals surface area contributed by atoms with Gasteiger partial charge < -0.3 is 0 Å². The zero-order valence-electron chi connectivity index (χ0n) is 22.8. The molecule has 0 amide bonds. The lowest BCUT2D eigenvalue weighted by molar-refractivity contribution is 0.580. The van der Waals surface area contributed by atoms with Crippen molar-refractivity contribution in [1.82, 2.24) is 0 Å². The van der Waals surface area contributed by atoms with Crippen molar-refractivity contribution in [1.29, 1.82) is 0 Å². The minimum absolute atomic E-state index is 0.0602. The smallest absolute Gasteiger partial charge is 0.00174 e. The molecule has 0 radical (unpaired) electrons. The third-order valence-electron chi connectivity index (χ3n) is 7.79. The van der Waals surface area contributed by atoms with Crippen molar-refractivity contribution in [3.05, 3.63) is 70.8 Å². The van der Waals surface area contributed by atoms with Gasteiger partial charge in [-0.05, 0) is 88.0 Å². The second-order valence-corrected chi connectivity index (χ2v) is 13.0. The molecule has 0 atom stereocenters. The van der Waals surface area contributed by atoms with Crippen LogP contribution in [0, 0.1) is 0 Å². The van der Waals surface area contributed by atoms with Crippen molar-refractivity contribution >= 4 is 43.1 Å². The van der Waals surface area contributed by atoms with Gasteiger partial charge in [0.15, 0.2) is 0 Å². The van der Waals surface area contributed by atoms with E-state index in [1.165, 1.54) is 65.3 Å². The third-order valence-corrected chi connectivity index (χ3v) is 7.79. The van der Waals surface area contributed by atoms with Crippen LogP contribution in [-0.4, -0.2) is 0 Å². The lowest BCUT2D eigenvalue weighted by Crippen LogP contribution is -2.18.